The molecule has 2 aromatic rings. The number of hydrogen-bond donors (Lipinski definition) is 2. The van der Waals surface area contributed by atoms with Gasteiger partial charge in [-0.1, -0.05) is 18.2 Å². The molecule has 0 radical (unpaired) electrons. The van der Waals surface area contributed by atoms with E-state index in [2.05, 4.69) is 16.8 Å². The zero-order chi connectivity index (χ0) is 29.1. The van der Waals surface area contributed by atoms with Crippen molar-refractivity contribution in [3.05, 3.63) is 59.1 Å². The molecule has 0 aliphatic carbocycles. The third-order valence-corrected chi connectivity index (χ3v) is 8.30. The molecule has 5 rings (SSSR count). The number of hydrogen-bond acceptors (Lipinski definition) is 6. The molecule has 0 unspecified atom stereocenters. The summed E-state index contributed by atoms with van der Waals surface area (Å²) in [6.45, 7) is 11.6. The average molecular weight is 588 g/mol. The van der Waals surface area contributed by atoms with Crippen LogP contribution in [0.15, 0.2) is 36.9 Å². The normalized spacial score (nSPS) is 21.1. The van der Waals surface area contributed by atoms with Crippen molar-refractivity contribution in [2.45, 2.75) is 31.8 Å². The summed E-state index contributed by atoms with van der Waals surface area (Å²) in [4.78, 5) is 18.2. The number of fused-ring (bicyclic) bond motifs is 1. The molecular weight excluding hydrogens is 552 g/mol. The maximum absolute atomic E-state index is 15.0. The summed E-state index contributed by atoms with van der Waals surface area (Å²) in [5.74, 6) is -0.983. The topological polar surface area (TPSA) is 81.1 Å². The van der Waals surface area contributed by atoms with Gasteiger partial charge in [-0.3, -0.25) is 15.1 Å². The number of carbonyl (C=O) groups is 1. The van der Waals surface area contributed by atoms with E-state index >= 15 is 0 Å². The second-order valence-corrected chi connectivity index (χ2v) is 11.1. The standard InChI is InChI=1S/C30H36ClF2N5O3/c1-3-26(39)37-9-10-38(19(2)17-37)30(34)23-16-24(31)27(22-7-6-20(32)15-25(22)33)29-28(23)35-21(18-41-29)5-4-8-36-11-13-40-14-12-36/h3,6-7,15-16,19,21,34-35H,1,4-5,8-14,17-18H2,2H3/t19-,21+/m0/s1. The smallest absolute Gasteiger partial charge is 0.246 e. The lowest BCUT2D eigenvalue weighted by Crippen LogP contribution is -2.55. The van der Waals surface area contributed by atoms with Gasteiger partial charge in [0.25, 0.3) is 0 Å². The van der Waals surface area contributed by atoms with Crippen molar-refractivity contribution in [1.82, 2.24) is 14.7 Å². The lowest BCUT2D eigenvalue weighted by atomic mass is 9.96. The summed E-state index contributed by atoms with van der Waals surface area (Å²) in [5.41, 5.74) is 1.55. The first-order valence-corrected chi connectivity index (χ1v) is 14.4. The number of ether oxygens (including phenoxy) is 2. The molecule has 0 spiro atoms. The molecule has 2 N–H and O–H groups in total. The van der Waals surface area contributed by atoms with Crippen molar-refractivity contribution in [3.8, 4) is 16.9 Å². The number of nitrogens with zero attached hydrogens (tertiary/aromatic N) is 3. The van der Waals surface area contributed by atoms with Crippen molar-refractivity contribution in [2.24, 2.45) is 0 Å². The summed E-state index contributed by atoms with van der Waals surface area (Å²) in [6, 6.07) is 4.87. The van der Waals surface area contributed by atoms with E-state index in [1.54, 1.807) is 11.0 Å². The second-order valence-electron chi connectivity index (χ2n) is 10.7. The van der Waals surface area contributed by atoms with Crippen LogP contribution >= 0.6 is 11.6 Å². The zero-order valence-electron chi connectivity index (χ0n) is 23.2. The van der Waals surface area contributed by atoms with Crippen LogP contribution in [0.5, 0.6) is 5.75 Å². The fraction of sp³-hybridized carbons (Fsp3) is 0.467. The molecule has 3 aliphatic heterocycles. The monoisotopic (exact) mass is 587 g/mol. The number of amidine groups is 1. The molecule has 0 bridgehead atoms. The Morgan fingerprint density at radius 3 is 2.71 bits per heavy atom. The molecule has 2 aromatic carbocycles. The summed E-state index contributed by atoms with van der Waals surface area (Å²) < 4.78 is 40.4. The molecule has 41 heavy (non-hydrogen) atoms. The van der Waals surface area contributed by atoms with Crippen molar-refractivity contribution in [1.29, 1.82) is 5.41 Å². The largest absolute Gasteiger partial charge is 0.489 e. The number of nitrogens with one attached hydrogen (secondary N) is 2. The van der Waals surface area contributed by atoms with Crippen LogP contribution in [0.4, 0.5) is 14.5 Å². The maximum Gasteiger partial charge on any atom is 0.246 e. The van der Waals surface area contributed by atoms with Gasteiger partial charge in [-0.15, -0.1) is 0 Å². The molecule has 1 amide bonds. The van der Waals surface area contributed by atoms with E-state index in [9.17, 15) is 19.0 Å². The van der Waals surface area contributed by atoms with Gasteiger partial charge in [0, 0.05) is 61.5 Å². The summed E-state index contributed by atoms with van der Waals surface area (Å²) in [6.07, 6.45) is 3.09. The van der Waals surface area contributed by atoms with Gasteiger partial charge in [-0.2, -0.15) is 0 Å². The summed E-state index contributed by atoms with van der Waals surface area (Å²) >= 11 is 6.76. The van der Waals surface area contributed by atoms with Crippen LogP contribution in [-0.2, 0) is 9.53 Å². The average Bonchev–Trinajstić information content (AvgIpc) is 2.97. The van der Waals surface area contributed by atoms with Crippen molar-refractivity contribution < 1.29 is 23.0 Å². The van der Waals surface area contributed by atoms with Crippen LogP contribution in [0.3, 0.4) is 0 Å². The fourth-order valence-corrected chi connectivity index (χ4v) is 6.09. The second kappa shape index (κ2) is 12.8. The fourth-order valence-electron chi connectivity index (χ4n) is 5.79. The highest BCUT2D eigenvalue weighted by Gasteiger charge is 2.33. The van der Waals surface area contributed by atoms with E-state index in [1.807, 2.05) is 11.8 Å². The van der Waals surface area contributed by atoms with E-state index in [1.165, 1.54) is 18.2 Å². The molecule has 11 heteroatoms. The number of benzene rings is 2. The third-order valence-electron chi connectivity index (χ3n) is 8.00. The first kappa shape index (κ1) is 29.3. The van der Waals surface area contributed by atoms with Gasteiger partial charge < -0.3 is 24.6 Å². The Hall–Kier alpha value is -3.21. The van der Waals surface area contributed by atoms with E-state index in [0.29, 0.717) is 48.8 Å². The highest BCUT2D eigenvalue weighted by Crippen LogP contribution is 2.47. The molecular formula is C30H36ClF2N5O3. The number of carbonyl (C=O) groups excluding carboxylic acids is 1. The van der Waals surface area contributed by atoms with E-state index in [0.717, 1.165) is 51.8 Å². The van der Waals surface area contributed by atoms with Crippen LogP contribution in [0.1, 0.15) is 25.3 Å². The Morgan fingerprint density at radius 2 is 2.00 bits per heavy atom. The Morgan fingerprint density at radius 1 is 1.22 bits per heavy atom. The van der Waals surface area contributed by atoms with E-state index in [-0.39, 0.29) is 34.4 Å². The maximum atomic E-state index is 15.0. The van der Waals surface area contributed by atoms with Gasteiger partial charge >= 0.3 is 0 Å². The molecule has 2 atom stereocenters. The molecule has 220 valence electrons. The van der Waals surface area contributed by atoms with Crippen LogP contribution in [0.25, 0.3) is 11.1 Å². The summed E-state index contributed by atoms with van der Waals surface area (Å²) in [5, 5.41) is 13.0. The van der Waals surface area contributed by atoms with Crippen molar-refractivity contribution >= 4 is 29.0 Å². The van der Waals surface area contributed by atoms with Gasteiger partial charge in [0.1, 0.15) is 24.1 Å². The summed E-state index contributed by atoms with van der Waals surface area (Å²) in [7, 11) is 0. The minimum atomic E-state index is -0.746. The van der Waals surface area contributed by atoms with Crippen molar-refractivity contribution in [2.75, 3.05) is 64.4 Å². The lowest BCUT2D eigenvalue weighted by Gasteiger charge is -2.41. The van der Waals surface area contributed by atoms with Crippen molar-refractivity contribution in [3.63, 3.8) is 0 Å². The Bertz CT molecular complexity index is 1320. The molecule has 3 aliphatic rings. The van der Waals surface area contributed by atoms with E-state index < -0.39 is 11.6 Å². The third kappa shape index (κ3) is 6.34. The minimum Gasteiger partial charge on any atom is -0.489 e. The SMILES string of the molecule is C=CC(=O)N1CCN(C(=N)c2cc(Cl)c(-c3ccc(F)cc3F)c3c2N[C@H](CCCN2CCOCC2)CO3)[C@@H](C)C1. The number of rotatable bonds is 7. The Labute approximate surface area is 244 Å². The number of piperazine rings is 1. The molecule has 8 nitrogen and oxygen atoms in total. The Balaban J connectivity index is 1.44. The Kier molecular flexibility index (Phi) is 9.11. The molecule has 0 aromatic heterocycles. The predicted molar refractivity (Wildman–Crippen MR) is 156 cm³/mol. The number of morpholine rings is 1. The first-order valence-electron chi connectivity index (χ1n) is 14.0. The number of amides is 1. The zero-order valence-corrected chi connectivity index (χ0v) is 24.0. The van der Waals surface area contributed by atoms with Crippen LogP contribution < -0.4 is 10.1 Å². The number of anilines is 1. The quantitative estimate of drug-likeness (QED) is 0.280. The van der Waals surface area contributed by atoms with Gasteiger partial charge in [0.2, 0.25) is 5.91 Å². The molecule has 0 saturated carbocycles. The molecule has 2 saturated heterocycles. The highest BCUT2D eigenvalue weighted by molar-refractivity contribution is 6.34. The van der Waals surface area contributed by atoms with Crippen LogP contribution in [0.2, 0.25) is 5.02 Å². The van der Waals surface area contributed by atoms with Gasteiger partial charge in [0.05, 0.1) is 30.0 Å². The highest BCUT2D eigenvalue weighted by atomic mass is 35.5. The first-order chi connectivity index (χ1) is 19.8. The van der Waals surface area contributed by atoms with E-state index in [4.69, 9.17) is 21.1 Å². The number of halogens is 3. The predicted octanol–water partition coefficient (Wildman–Crippen LogP) is 4.61. The van der Waals surface area contributed by atoms with Gasteiger partial charge in [-0.25, -0.2) is 8.78 Å². The van der Waals surface area contributed by atoms with Gasteiger partial charge in [-0.05, 0) is 50.6 Å². The lowest BCUT2D eigenvalue weighted by molar-refractivity contribution is -0.128. The van der Waals surface area contributed by atoms with Gasteiger partial charge in [0.15, 0.2) is 5.75 Å². The molecule has 3 heterocycles. The van der Waals surface area contributed by atoms with Crippen LogP contribution in [-0.4, -0.2) is 97.6 Å². The minimum absolute atomic E-state index is 0.0262. The van der Waals surface area contributed by atoms with Crippen LogP contribution in [0, 0.1) is 17.0 Å². The molecule has 2 fully saturated rings.